The third kappa shape index (κ3) is 2.86. The molecule has 0 atom stereocenters. The van der Waals surface area contributed by atoms with Crippen molar-refractivity contribution in [2.24, 2.45) is 0 Å². The van der Waals surface area contributed by atoms with Crippen molar-refractivity contribution in [3.8, 4) is 0 Å². The Bertz CT molecular complexity index is 498. The minimum absolute atomic E-state index is 0.216. The fraction of sp³-hybridized carbons (Fsp3) is 0.667. The monoisotopic (exact) mass is 291 g/mol. The average Bonchev–Trinajstić information content (AvgIpc) is 2.69. The highest BCUT2D eigenvalue weighted by Gasteiger charge is 2.51. The van der Waals surface area contributed by atoms with Crippen LogP contribution < -0.4 is 5.46 Å². The molecule has 6 heteroatoms. The molecule has 2 fully saturated rings. The van der Waals surface area contributed by atoms with Gasteiger partial charge >= 0.3 is 7.12 Å². The quantitative estimate of drug-likeness (QED) is 0.772. The Morgan fingerprint density at radius 1 is 1.05 bits per heavy atom. The SMILES string of the molecule is CC1(C)OB(c2cncc(C3COCOC3)c2)OC1(C)C. The molecule has 3 heterocycles. The van der Waals surface area contributed by atoms with Crippen molar-refractivity contribution >= 4 is 12.6 Å². The molecule has 0 amide bonds. The molecule has 0 spiro atoms. The van der Waals surface area contributed by atoms with Crippen molar-refractivity contribution in [3.05, 3.63) is 24.0 Å². The van der Waals surface area contributed by atoms with Crippen LogP contribution >= 0.6 is 0 Å². The molecule has 0 N–H and O–H groups in total. The molecule has 114 valence electrons. The molecule has 21 heavy (non-hydrogen) atoms. The molecular formula is C15H22BNO4. The van der Waals surface area contributed by atoms with Crippen LogP contribution in [0.25, 0.3) is 0 Å². The highest BCUT2D eigenvalue weighted by Crippen LogP contribution is 2.36. The third-order valence-corrected chi connectivity index (χ3v) is 4.58. The van der Waals surface area contributed by atoms with Gasteiger partial charge in [0.05, 0.1) is 24.4 Å². The number of hydrogen-bond acceptors (Lipinski definition) is 5. The van der Waals surface area contributed by atoms with Crippen molar-refractivity contribution in [1.82, 2.24) is 4.98 Å². The molecule has 2 aliphatic rings. The Morgan fingerprint density at radius 2 is 1.67 bits per heavy atom. The zero-order chi connectivity index (χ0) is 15.1. The van der Waals surface area contributed by atoms with E-state index in [0.717, 1.165) is 11.0 Å². The van der Waals surface area contributed by atoms with Gasteiger partial charge in [-0.15, -0.1) is 0 Å². The van der Waals surface area contributed by atoms with Crippen molar-refractivity contribution in [1.29, 1.82) is 0 Å². The molecule has 2 aliphatic heterocycles. The average molecular weight is 291 g/mol. The van der Waals surface area contributed by atoms with Gasteiger partial charge in [-0.25, -0.2) is 0 Å². The summed E-state index contributed by atoms with van der Waals surface area (Å²) in [4.78, 5) is 4.33. The molecule has 1 aromatic rings. The highest BCUT2D eigenvalue weighted by molar-refractivity contribution is 6.62. The summed E-state index contributed by atoms with van der Waals surface area (Å²) in [5, 5.41) is 0. The third-order valence-electron chi connectivity index (χ3n) is 4.58. The van der Waals surface area contributed by atoms with Gasteiger partial charge in [-0.3, -0.25) is 4.98 Å². The lowest BCUT2D eigenvalue weighted by Crippen LogP contribution is -2.41. The van der Waals surface area contributed by atoms with Gasteiger partial charge in [0.25, 0.3) is 0 Å². The first kappa shape index (κ1) is 15.0. The largest absolute Gasteiger partial charge is 0.496 e. The number of hydrogen-bond donors (Lipinski definition) is 0. The van der Waals surface area contributed by atoms with E-state index in [2.05, 4.69) is 11.1 Å². The summed E-state index contributed by atoms with van der Waals surface area (Å²) in [7, 11) is -0.382. The fourth-order valence-corrected chi connectivity index (χ4v) is 2.49. The number of rotatable bonds is 2. The maximum atomic E-state index is 6.07. The van der Waals surface area contributed by atoms with Gasteiger partial charge in [-0.05, 0) is 33.3 Å². The molecule has 0 saturated carbocycles. The summed E-state index contributed by atoms with van der Waals surface area (Å²) in [5.74, 6) is 0.216. The summed E-state index contributed by atoms with van der Waals surface area (Å²) in [5.41, 5.74) is 1.36. The van der Waals surface area contributed by atoms with E-state index < -0.39 is 0 Å². The summed E-state index contributed by atoms with van der Waals surface area (Å²) in [6, 6.07) is 2.08. The first-order valence-corrected chi connectivity index (χ1v) is 7.35. The highest BCUT2D eigenvalue weighted by atomic mass is 16.7. The van der Waals surface area contributed by atoms with Gasteiger partial charge < -0.3 is 18.8 Å². The molecule has 0 bridgehead atoms. The van der Waals surface area contributed by atoms with E-state index >= 15 is 0 Å². The van der Waals surface area contributed by atoms with Crippen molar-refractivity contribution < 1.29 is 18.8 Å². The molecule has 0 aliphatic carbocycles. The first-order valence-electron chi connectivity index (χ1n) is 7.35. The Kier molecular flexibility index (Phi) is 3.82. The maximum absolute atomic E-state index is 6.07. The number of pyridine rings is 1. The van der Waals surface area contributed by atoms with Gasteiger partial charge in [0.15, 0.2) is 0 Å². The standard InChI is InChI=1S/C15H22BNO4/c1-14(2)15(3,4)21-16(20-14)13-5-11(6-17-7-13)12-8-18-10-19-9-12/h5-7,12H,8-10H2,1-4H3. The lowest BCUT2D eigenvalue weighted by Gasteiger charge is -2.32. The summed E-state index contributed by atoms with van der Waals surface area (Å²) in [6.45, 7) is 9.89. The lowest BCUT2D eigenvalue weighted by molar-refractivity contribution is -0.108. The van der Waals surface area contributed by atoms with Crippen LogP contribution in [0.1, 0.15) is 39.2 Å². The maximum Gasteiger partial charge on any atom is 0.496 e. The van der Waals surface area contributed by atoms with Gasteiger partial charge in [0.2, 0.25) is 0 Å². The smallest absolute Gasteiger partial charge is 0.399 e. The van der Waals surface area contributed by atoms with Crippen LogP contribution in [-0.4, -0.2) is 43.3 Å². The van der Waals surface area contributed by atoms with Crippen molar-refractivity contribution in [2.45, 2.75) is 44.8 Å². The van der Waals surface area contributed by atoms with Crippen LogP contribution in [-0.2, 0) is 18.8 Å². The fourth-order valence-electron chi connectivity index (χ4n) is 2.49. The van der Waals surface area contributed by atoms with Crippen LogP contribution in [0.2, 0.25) is 0 Å². The molecule has 1 aromatic heterocycles. The minimum atomic E-state index is -0.382. The van der Waals surface area contributed by atoms with E-state index in [9.17, 15) is 0 Å². The van der Waals surface area contributed by atoms with E-state index in [1.165, 1.54) is 0 Å². The van der Waals surface area contributed by atoms with E-state index in [1.54, 1.807) is 6.20 Å². The van der Waals surface area contributed by atoms with E-state index in [4.69, 9.17) is 18.8 Å². The normalized spacial score (nSPS) is 25.2. The molecule has 3 rings (SSSR count). The molecule has 0 radical (unpaired) electrons. The Hall–Kier alpha value is -0.945. The topological polar surface area (TPSA) is 49.8 Å². The Morgan fingerprint density at radius 3 is 2.29 bits per heavy atom. The summed E-state index contributed by atoms with van der Waals surface area (Å²) >= 11 is 0. The molecule has 0 unspecified atom stereocenters. The molecular weight excluding hydrogens is 269 g/mol. The first-order chi connectivity index (χ1) is 9.89. The van der Waals surface area contributed by atoms with Crippen molar-refractivity contribution in [3.63, 3.8) is 0 Å². The van der Waals surface area contributed by atoms with Gasteiger partial charge in [-0.1, -0.05) is 6.07 Å². The Labute approximate surface area is 126 Å². The number of aromatic nitrogens is 1. The van der Waals surface area contributed by atoms with Crippen LogP contribution in [0.4, 0.5) is 0 Å². The molecule has 0 aromatic carbocycles. The summed E-state index contributed by atoms with van der Waals surface area (Å²) in [6.07, 6.45) is 3.66. The zero-order valence-electron chi connectivity index (χ0n) is 13.1. The van der Waals surface area contributed by atoms with E-state index in [0.29, 0.717) is 20.0 Å². The van der Waals surface area contributed by atoms with Crippen LogP contribution in [0.15, 0.2) is 18.5 Å². The number of ether oxygens (including phenoxy) is 2. The molecule has 2 saturated heterocycles. The van der Waals surface area contributed by atoms with Gasteiger partial charge in [-0.2, -0.15) is 0 Å². The van der Waals surface area contributed by atoms with Crippen LogP contribution in [0.3, 0.4) is 0 Å². The second-order valence-electron chi connectivity index (χ2n) is 6.70. The second kappa shape index (κ2) is 5.36. The summed E-state index contributed by atoms with van der Waals surface area (Å²) < 4.78 is 22.8. The zero-order valence-corrected chi connectivity index (χ0v) is 13.1. The number of nitrogens with zero attached hydrogens (tertiary/aromatic N) is 1. The Balaban J connectivity index is 1.81. The van der Waals surface area contributed by atoms with E-state index in [1.807, 2.05) is 33.9 Å². The predicted octanol–water partition coefficient (Wildman–Crippen LogP) is 1.47. The van der Waals surface area contributed by atoms with Crippen molar-refractivity contribution in [2.75, 3.05) is 20.0 Å². The lowest BCUT2D eigenvalue weighted by atomic mass is 9.79. The second-order valence-corrected chi connectivity index (χ2v) is 6.70. The van der Waals surface area contributed by atoms with Gasteiger partial charge in [0.1, 0.15) is 6.79 Å². The van der Waals surface area contributed by atoms with Crippen LogP contribution in [0.5, 0.6) is 0 Å². The van der Waals surface area contributed by atoms with Crippen LogP contribution in [0, 0.1) is 0 Å². The molecule has 5 nitrogen and oxygen atoms in total. The van der Waals surface area contributed by atoms with Gasteiger partial charge in [0, 0.05) is 23.8 Å². The van der Waals surface area contributed by atoms with E-state index in [-0.39, 0.29) is 24.2 Å². The minimum Gasteiger partial charge on any atom is -0.399 e. The predicted molar refractivity (Wildman–Crippen MR) is 79.5 cm³/mol.